The molecule has 1 heterocycles. The second kappa shape index (κ2) is 6.94. The Hall–Kier alpha value is -1.55. The van der Waals surface area contributed by atoms with Crippen LogP contribution in [0.2, 0.25) is 0 Å². The standard InChI is InChI=1S/C17H24O4/c1-4-13(2)15-7-5-6-14(8-15)9-19-10-17(3)11-20-16(18)21-12-17/h5-8,13H,4,9-12H2,1-3H3. The fraction of sp³-hybridized carbons (Fsp3) is 0.588. The number of rotatable bonds is 6. The molecule has 0 aromatic heterocycles. The maximum atomic E-state index is 10.9. The van der Waals surface area contributed by atoms with Crippen molar-refractivity contribution in [3.63, 3.8) is 0 Å². The van der Waals surface area contributed by atoms with Gasteiger partial charge in [0.05, 0.1) is 18.6 Å². The number of hydrogen-bond acceptors (Lipinski definition) is 4. The van der Waals surface area contributed by atoms with Crippen molar-refractivity contribution in [2.45, 2.75) is 39.7 Å². The Bertz CT molecular complexity index is 473. The SMILES string of the molecule is CCC(C)c1cccc(COCC2(C)COC(=O)OC2)c1. The first kappa shape index (κ1) is 15.8. The fourth-order valence-electron chi connectivity index (χ4n) is 2.27. The minimum Gasteiger partial charge on any atom is -0.433 e. The highest BCUT2D eigenvalue weighted by Crippen LogP contribution is 2.24. The smallest absolute Gasteiger partial charge is 0.433 e. The maximum absolute atomic E-state index is 10.9. The lowest BCUT2D eigenvalue weighted by Crippen LogP contribution is -2.40. The Balaban J connectivity index is 1.84. The summed E-state index contributed by atoms with van der Waals surface area (Å²) in [6.45, 7) is 8.18. The normalized spacial score (nSPS) is 18.7. The molecule has 0 saturated carbocycles. The highest BCUT2D eigenvalue weighted by Gasteiger charge is 2.33. The predicted octanol–water partition coefficient (Wildman–Crippen LogP) is 3.89. The number of benzene rings is 1. The van der Waals surface area contributed by atoms with Crippen LogP contribution in [0.1, 0.15) is 44.2 Å². The second-order valence-corrected chi connectivity index (χ2v) is 6.19. The largest absolute Gasteiger partial charge is 0.508 e. The van der Waals surface area contributed by atoms with Crippen LogP contribution < -0.4 is 0 Å². The van der Waals surface area contributed by atoms with Crippen molar-refractivity contribution in [1.82, 2.24) is 0 Å². The molecule has 0 amide bonds. The van der Waals surface area contributed by atoms with Gasteiger partial charge in [0, 0.05) is 0 Å². The lowest BCUT2D eigenvalue weighted by Gasteiger charge is -2.31. The molecule has 1 unspecified atom stereocenters. The molecular weight excluding hydrogens is 268 g/mol. The molecular formula is C17H24O4. The van der Waals surface area contributed by atoms with E-state index in [9.17, 15) is 4.79 Å². The summed E-state index contributed by atoms with van der Waals surface area (Å²) in [5.74, 6) is 0.564. The van der Waals surface area contributed by atoms with Crippen LogP contribution in [0.4, 0.5) is 4.79 Å². The Morgan fingerprint density at radius 3 is 2.71 bits per heavy atom. The van der Waals surface area contributed by atoms with Crippen molar-refractivity contribution in [3.05, 3.63) is 35.4 Å². The molecule has 2 rings (SSSR count). The van der Waals surface area contributed by atoms with E-state index in [0.29, 0.717) is 32.3 Å². The third-order valence-corrected chi connectivity index (χ3v) is 3.93. The summed E-state index contributed by atoms with van der Waals surface area (Å²) in [5, 5.41) is 0. The third kappa shape index (κ3) is 4.46. The summed E-state index contributed by atoms with van der Waals surface area (Å²) in [5.41, 5.74) is 2.26. The van der Waals surface area contributed by atoms with Crippen molar-refractivity contribution in [2.24, 2.45) is 5.41 Å². The van der Waals surface area contributed by atoms with Crippen LogP contribution in [0, 0.1) is 5.41 Å². The van der Waals surface area contributed by atoms with Crippen molar-refractivity contribution in [2.75, 3.05) is 19.8 Å². The number of carbonyl (C=O) groups is 1. The Labute approximate surface area is 126 Å². The highest BCUT2D eigenvalue weighted by atomic mass is 16.7. The van der Waals surface area contributed by atoms with E-state index in [1.165, 1.54) is 11.1 Å². The lowest BCUT2D eigenvalue weighted by atomic mass is 9.94. The molecule has 21 heavy (non-hydrogen) atoms. The van der Waals surface area contributed by atoms with Crippen LogP contribution in [-0.2, 0) is 20.8 Å². The van der Waals surface area contributed by atoms with Crippen molar-refractivity contribution >= 4 is 6.16 Å². The van der Waals surface area contributed by atoms with Gasteiger partial charge in [-0.25, -0.2) is 4.79 Å². The van der Waals surface area contributed by atoms with Crippen LogP contribution in [0.25, 0.3) is 0 Å². The van der Waals surface area contributed by atoms with Crippen LogP contribution in [0.15, 0.2) is 24.3 Å². The van der Waals surface area contributed by atoms with E-state index in [0.717, 1.165) is 6.42 Å². The quantitative estimate of drug-likeness (QED) is 0.746. The van der Waals surface area contributed by atoms with E-state index in [4.69, 9.17) is 14.2 Å². The molecule has 0 N–H and O–H groups in total. The van der Waals surface area contributed by atoms with Crippen molar-refractivity contribution in [1.29, 1.82) is 0 Å². The van der Waals surface area contributed by atoms with E-state index < -0.39 is 6.16 Å². The minimum absolute atomic E-state index is 0.262. The van der Waals surface area contributed by atoms with Gasteiger partial charge in [0.25, 0.3) is 0 Å². The Kier molecular flexibility index (Phi) is 5.23. The van der Waals surface area contributed by atoms with Gasteiger partial charge in [-0.05, 0) is 23.5 Å². The molecule has 1 aliphatic rings. The first-order valence-corrected chi connectivity index (χ1v) is 7.48. The van der Waals surface area contributed by atoms with Crippen LogP contribution in [-0.4, -0.2) is 26.0 Å². The van der Waals surface area contributed by atoms with Gasteiger partial charge in [-0.3, -0.25) is 0 Å². The van der Waals surface area contributed by atoms with E-state index in [2.05, 4.69) is 38.1 Å². The molecule has 116 valence electrons. The molecule has 1 aromatic carbocycles. The third-order valence-electron chi connectivity index (χ3n) is 3.93. The monoisotopic (exact) mass is 292 g/mol. The molecule has 1 fully saturated rings. The first-order chi connectivity index (χ1) is 10.0. The number of ether oxygens (including phenoxy) is 3. The molecule has 0 bridgehead atoms. The summed E-state index contributed by atoms with van der Waals surface area (Å²) in [6, 6.07) is 8.51. The molecule has 1 aliphatic heterocycles. The van der Waals surface area contributed by atoms with E-state index in [1.54, 1.807) is 0 Å². The predicted molar refractivity (Wildman–Crippen MR) is 80.2 cm³/mol. The van der Waals surface area contributed by atoms with Gasteiger partial charge in [-0.1, -0.05) is 45.0 Å². The first-order valence-electron chi connectivity index (χ1n) is 7.48. The van der Waals surface area contributed by atoms with Crippen LogP contribution in [0.3, 0.4) is 0 Å². The second-order valence-electron chi connectivity index (χ2n) is 6.19. The topological polar surface area (TPSA) is 44.8 Å². The molecule has 1 atom stereocenters. The van der Waals surface area contributed by atoms with Crippen molar-refractivity contribution in [3.8, 4) is 0 Å². The van der Waals surface area contributed by atoms with E-state index in [1.807, 2.05) is 6.92 Å². The number of hydrogen-bond donors (Lipinski definition) is 0. The summed E-state index contributed by atoms with van der Waals surface area (Å²) in [7, 11) is 0. The van der Waals surface area contributed by atoms with Gasteiger partial charge in [0.15, 0.2) is 0 Å². The van der Waals surface area contributed by atoms with Gasteiger partial charge >= 0.3 is 6.16 Å². The Morgan fingerprint density at radius 2 is 2.05 bits per heavy atom. The highest BCUT2D eigenvalue weighted by molar-refractivity contribution is 5.60. The molecule has 0 radical (unpaired) electrons. The molecule has 4 heteroatoms. The maximum Gasteiger partial charge on any atom is 0.508 e. The molecule has 0 aliphatic carbocycles. The molecule has 0 spiro atoms. The summed E-state index contributed by atoms with van der Waals surface area (Å²) in [6.07, 6.45) is 0.541. The van der Waals surface area contributed by atoms with E-state index >= 15 is 0 Å². The zero-order valence-corrected chi connectivity index (χ0v) is 13.1. The Morgan fingerprint density at radius 1 is 1.33 bits per heavy atom. The lowest BCUT2D eigenvalue weighted by molar-refractivity contribution is -0.0876. The number of cyclic esters (lactones) is 2. The van der Waals surface area contributed by atoms with Gasteiger partial charge in [-0.2, -0.15) is 0 Å². The minimum atomic E-state index is -0.589. The zero-order chi connectivity index (χ0) is 15.3. The summed E-state index contributed by atoms with van der Waals surface area (Å²) < 4.78 is 15.6. The van der Waals surface area contributed by atoms with Gasteiger partial charge in [-0.15, -0.1) is 0 Å². The van der Waals surface area contributed by atoms with Crippen LogP contribution in [0.5, 0.6) is 0 Å². The summed E-state index contributed by atoms with van der Waals surface area (Å²) in [4.78, 5) is 10.9. The zero-order valence-electron chi connectivity index (χ0n) is 13.1. The number of carbonyl (C=O) groups excluding carboxylic acids is 1. The van der Waals surface area contributed by atoms with Crippen LogP contribution >= 0.6 is 0 Å². The van der Waals surface area contributed by atoms with Gasteiger partial charge in [0.1, 0.15) is 13.2 Å². The van der Waals surface area contributed by atoms with Crippen molar-refractivity contribution < 1.29 is 19.0 Å². The molecule has 4 nitrogen and oxygen atoms in total. The fourth-order valence-corrected chi connectivity index (χ4v) is 2.27. The average molecular weight is 292 g/mol. The average Bonchev–Trinajstić information content (AvgIpc) is 2.50. The van der Waals surface area contributed by atoms with Gasteiger partial charge < -0.3 is 14.2 Å². The molecule has 1 saturated heterocycles. The molecule has 1 aromatic rings. The summed E-state index contributed by atoms with van der Waals surface area (Å²) >= 11 is 0. The van der Waals surface area contributed by atoms with Gasteiger partial charge in [0.2, 0.25) is 0 Å². The van der Waals surface area contributed by atoms with E-state index in [-0.39, 0.29) is 5.41 Å².